The Morgan fingerprint density at radius 3 is 2.65 bits per heavy atom. The zero-order valence-electron chi connectivity index (χ0n) is 11.2. The lowest BCUT2D eigenvalue weighted by Crippen LogP contribution is -2.27. The van der Waals surface area contributed by atoms with E-state index in [1.807, 2.05) is 18.2 Å². The van der Waals surface area contributed by atoms with Gasteiger partial charge in [-0.1, -0.05) is 30.3 Å². The van der Waals surface area contributed by atoms with Crippen molar-refractivity contribution in [3.63, 3.8) is 0 Å². The van der Waals surface area contributed by atoms with Crippen molar-refractivity contribution in [1.29, 1.82) is 5.26 Å². The number of anilines is 2. The zero-order chi connectivity index (χ0) is 13.9. The standard InChI is InChI=1S/C16H16N4/c17-10-13-8-9-19-16(15(13)18)20(14-6-7-14)11-12-4-2-1-3-5-12/h1-5,8-9,14H,6-7,11,18H2. The normalized spacial score (nSPS) is 13.8. The molecule has 2 N–H and O–H groups in total. The first-order chi connectivity index (χ1) is 9.79. The fourth-order valence-corrected chi connectivity index (χ4v) is 2.33. The molecule has 4 nitrogen and oxygen atoms in total. The summed E-state index contributed by atoms with van der Waals surface area (Å²) < 4.78 is 0. The van der Waals surface area contributed by atoms with Gasteiger partial charge in [-0.25, -0.2) is 4.98 Å². The zero-order valence-corrected chi connectivity index (χ0v) is 11.2. The van der Waals surface area contributed by atoms with Gasteiger partial charge in [-0.3, -0.25) is 0 Å². The molecule has 20 heavy (non-hydrogen) atoms. The third kappa shape index (κ3) is 2.43. The predicted octanol–water partition coefficient (Wildman–Crippen LogP) is 2.70. The molecule has 0 spiro atoms. The van der Waals surface area contributed by atoms with Gasteiger partial charge in [0.15, 0.2) is 5.82 Å². The lowest BCUT2D eigenvalue weighted by Gasteiger charge is -2.25. The Morgan fingerprint density at radius 2 is 2.00 bits per heavy atom. The summed E-state index contributed by atoms with van der Waals surface area (Å²) in [5.41, 5.74) is 8.29. The SMILES string of the molecule is N#Cc1ccnc(N(Cc2ccccc2)C2CC2)c1N. The molecule has 0 saturated heterocycles. The smallest absolute Gasteiger partial charge is 0.153 e. The van der Waals surface area contributed by atoms with Crippen molar-refractivity contribution in [3.8, 4) is 6.07 Å². The van der Waals surface area contributed by atoms with E-state index in [1.54, 1.807) is 12.3 Å². The molecule has 1 fully saturated rings. The first-order valence-corrected chi connectivity index (χ1v) is 6.74. The minimum absolute atomic E-state index is 0.484. The summed E-state index contributed by atoms with van der Waals surface area (Å²) in [6.07, 6.45) is 3.97. The second-order valence-electron chi connectivity index (χ2n) is 5.05. The number of hydrogen-bond donors (Lipinski definition) is 1. The number of benzene rings is 1. The number of pyridine rings is 1. The van der Waals surface area contributed by atoms with E-state index in [0.717, 1.165) is 25.2 Å². The van der Waals surface area contributed by atoms with Crippen LogP contribution < -0.4 is 10.6 Å². The molecule has 3 rings (SSSR count). The van der Waals surface area contributed by atoms with E-state index in [9.17, 15) is 0 Å². The molecule has 0 amide bonds. The van der Waals surface area contributed by atoms with E-state index in [1.165, 1.54) is 5.56 Å². The van der Waals surface area contributed by atoms with Gasteiger partial charge in [0.1, 0.15) is 6.07 Å². The number of nitrogen functional groups attached to an aromatic ring is 1. The van der Waals surface area contributed by atoms with Crippen molar-refractivity contribution >= 4 is 11.5 Å². The minimum atomic E-state index is 0.484. The van der Waals surface area contributed by atoms with Crippen molar-refractivity contribution in [3.05, 3.63) is 53.7 Å². The van der Waals surface area contributed by atoms with E-state index in [2.05, 4.69) is 28.1 Å². The second kappa shape index (κ2) is 5.22. The molecule has 100 valence electrons. The van der Waals surface area contributed by atoms with Gasteiger partial charge < -0.3 is 10.6 Å². The van der Waals surface area contributed by atoms with Crippen LogP contribution in [0.1, 0.15) is 24.0 Å². The van der Waals surface area contributed by atoms with Gasteiger partial charge in [0, 0.05) is 18.8 Å². The Morgan fingerprint density at radius 1 is 1.25 bits per heavy atom. The molecule has 1 aromatic carbocycles. The maximum atomic E-state index is 9.09. The number of nitriles is 1. The highest BCUT2D eigenvalue weighted by Crippen LogP contribution is 2.35. The fourth-order valence-electron chi connectivity index (χ4n) is 2.33. The largest absolute Gasteiger partial charge is 0.395 e. The van der Waals surface area contributed by atoms with Crippen molar-refractivity contribution in [2.75, 3.05) is 10.6 Å². The van der Waals surface area contributed by atoms with Crippen LogP contribution in [0.5, 0.6) is 0 Å². The van der Waals surface area contributed by atoms with Crippen LogP contribution in [-0.4, -0.2) is 11.0 Å². The Kier molecular flexibility index (Phi) is 3.26. The summed E-state index contributed by atoms with van der Waals surface area (Å²) in [4.78, 5) is 6.61. The quantitative estimate of drug-likeness (QED) is 0.922. The molecular formula is C16H16N4. The second-order valence-corrected chi connectivity index (χ2v) is 5.05. The van der Waals surface area contributed by atoms with Crippen molar-refractivity contribution in [1.82, 2.24) is 4.98 Å². The molecule has 0 atom stereocenters. The lowest BCUT2D eigenvalue weighted by molar-refractivity contribution is 0.780. The highest BCUT2D eigenvalue weighted by molar-refractivity contribution is 5.70. The summed E-state index contributed by atoms with van der Waals surface area (Å²) in [5.74, 6) is 0.732. The third-order valence-corrected chi connectivity index (χ3v) is 3.54. The fraction of sp³-hybridized carbons (Fsp3) is 0.250. The van der Waals surface area contributed by atoms with E-state index in [-0.39, 0.29) is 0 Å². The molecule has 1 aromatic heterocycles. The van der Waals surface area contributed by atoms with Crippen LogP contribution in [0.15, 0.2) is 42.6 Å². The van der Waals surface area contributed by atoms with Gasteiger partial charge in [-0.2, -0.15) is 5.26 Å². The Labute approximate surface area is 118 Å². The Hall–Kier alpha value is -2.54. The molecule has 1 heterocycles. The molecule has 1 saturated carbocycles. The van der Waals surface area contributed by atoms with Crippen LogP contribution in [0.3, 0.4) is 0 Å². The van der Waals surface area contributed by atoms with E-state index in [0.29, 0.717) is 17.3 Å². The first-order valence-electron chi connectivity index (χ1n) is 6.74. The topological polar surface area (TPSA) is 65.9 Å². The van der Waals surface area contributed by atoms with E-state index < -0.39 is 0 Å². The molecule has 0 bridgehead atoms. The monoisotopic (exact) mass is 264 g/mol. The van der Waals surface area contributed by atoms with Gasteiger partial charge in [-0.15, -0.1) is 0 Å². The van der Waals surface area contributed by atoms with Crippen molar-refractivity contribution in [2.24, 2.45) is 0 Å². The highest BCUT2D eigenvalue weighted by Gasteiger charge is 2.31. The van der Waals surface area contributed by atoms with Gasteiger partial charge in [-0.05, 0) is 24.5 Å². The molecule has 1 aliphatic carbocycles. The van der Waals surface area contributed by atoms with Gasteiger partial charge in [0.2, 0.25) is 0 Å². The van der Waals surface area contributed by atoms with Crippen LogP contribution in [0.2, 0.25) is 0 Å². The molecular weight excluding hydrogens is 248 g/mol. The van der Waals surface area contributed by atoms with Crippen LogP contribution in [0, 0.1) is 11.3 Å². The van der Waals surface area contributed by atoms with Crippen molar-refractivity contribution < 1.29 is 0 Å². The van der Waals surface area contributed by atoms with E-state index in [4.69, 9.17) is 11.0 Å². The number of nitrogens with zero attached hydrogens (tertiary/aromatic N) is 3. The van der Waals surface area contributed by atoms with E-state index >= 15 is 0 Å². The summed E-state index contributed by atoms with van der Waals surface area (Å²) >= 11 is 0. The average molecular weight is 264 g/mol. The third-order valence-electron chi connectivity index (χ3n) is 3.54. The number of rotatable bonds is 4. The van der Waals surface area contributed by atoms with Crippen LogP contribution in [0.25, 0.3) is 0 Å². The number of hydrogen-bond acceptors (Lipinski definition) is 4. The van der Waals surface area contributed by atoms with Gasteiger partial charge >= 0.3 is 0 Å². The molecule has 0 radical (unpaired) electrons. The highest BCUT2D eigenvalue weighted by atomic mass is 15.2. The average Bonchev–Trinajstić information content (AvgIpc) is 3.31. The van der Waals surface area contributed by atoms with Crippen LogP contribution >= 0.6 is 0 Å². The van der Waals surface area contributed by atoms with Gasteiger partial charge in [0.25, 0.3) is 0 Å². The summed E-state index contributed by atoms with van der Waals surface area (Å²) in [6.45, 7) is 0.775. The summed E-state index contributed by atoms with van der Waals surface area (Å²) in [6, 6.07) is 14.5. The van der Waals surface area contributed by atoms with Crippen LogP contribution in [-0.2, 0) is 6.54 Å². The minimum Gasteiger partial charge on any atom is -0.395 e. The van der Waals surface area contributed by atoms with Crippen molar-refractivity contribution in [2.45, 2.75) is 25.4 Å². The molecule has 1 aliphatic rings. The summed E-state index contributed by atoms with van der Waals surface area (Å²) in [5, 5.41) is 9.09. The maximum absolute atomic E-state index is 9.09. The molecule has 2 aromatic rings. The Balaban J connectivity index is 1.94. The lowest BCUT2D eigenvalue weighted by atomic mass is 10.2. The number of nitrogens with two attached hydrogens (primary N) is 1. The molecule has 4 heteroatoms. The van der Waals surface area contributed by atoms with Gasteiger partial charge in [0.05, 0.1) is 11.3 Å². The molecule has 0 unspecified atom stereocenters. The summed E-state index contributed by atoms with van der Waals surface area (Å²) in [7, 11) is 0. The Bertz CT molecular complexity index is 641. The van der Waals surface area contributed by atoms with Crippen LogP contribution in [0.4, 0.5) is 11.5 Å². The number of aromatic nitrogens is 1. The molecule has 0 aliphatic heterocycles. The first kappa shape index (κ1) is 12.5. The maximum Gasteiger partial charge on any atom is 0.153 e. The predicted molar refractivity (Wildman–Crippen MR) is 79.0 cm³/mol.